The van der Waals surface area contributed by atoms with Crippen molar-refractivity contribution in [2.75, 3.05) is 0 Å². The second-order valence-electron chi connectivity index (χ2n) is 9.95. The average Bonchev–Trinajstić information content (AvgIpc) is 2.92. The molecule has 4 aromatic carbocycles. The molecule has 200 valence electrons. The third kappa shape index (κ3) is 7.68. The maximum absolute atomic E-state index is 15.9. The molecular weight excluding hydrogens is 700 g/mol. The van der Waals surface area contributed by atoms with Gasteiger partial charge < -0.3 is 0 Å². The van der Waals surface area contributed by atoms with E-state index in [1.54, 1.807) is 0 Å². The Bertz CT molecular complexity index is 1190. The SMILES string of the molecule is Cc1ccc(I(OB(F)OI(c2ccc(C)cc2)c2ccc(C(C)C)cc2)c2ccc(C(C)C)cc2)cc1. The molecule has 0 saturated carbocycles. The molecule has 38 heavy (non-hydrogen) atoms. The molecule has 0 fully saturated rings. The fourth-order valence-corrected chi connectivity index (χ4v) is 11.9. The van der Waals surface area contributed by atoms with E-state index < -0.39 is 47.9 Å². The van der Waals surface area contributed by atoms with Gasteiger partial charge in [-0.25, -0.2) is 0 Å². The molecule has 6 heteroatoms. The van der Waals surface area contributed by atoms with Crippen molar-refractivity contribution in [1.82, 2.24) is 0 Å². The van der Waals surface area contributed by atoms with E-state index in [2.05, 4.69) is 139 Å². The van der Waals surface area contributed by atoms with Gasteiger partial charge >= 0.3 is 245 Å². The fraction of sp³-hybridized carbons (Fsp3) is 0.250. The Balaban J connectivity index is 1.63. The van der Waals surface area contributed by atoms with E-state index >= 15 is 4.32 Å². The van der Waals surface area contributed by atoms with Crippen LogP contribution in [-0.2, 0) is 5.97 Å². The first kappa shape index (κ1) is 29.2. The zero-order chi connectivity index (χ0) is 27.2. The van der Waals surface area contributed by atoms with Crippen LogP contribution in [0.4, 0.5) is 4.32 Å². The molecule has 0 aliphatic rings. The Morgan fingerprint density at radius 2 is 0.763 bits per heavy atom. The Labute approximate surface area is 243 Å². The van der Waals surface area contributed by atoms with Crippen LogP contribution in [-0.4, -0.2) is 7.40 Å². The van der Waals surface area contributed by atoms with Crippen molar-refractivity contribution in [2.45, 2.75) is 53.4 Å². The predicted molar refractivity (Wildman–Crippen MR) is 175 cm³/mol. The van der Waals surface area contributed by atoms with E-state index in [1.165, 1.54) is 22.3 Å². The topological polar surface area (TPSA) is 18.5 Å². The molecule has 0 aliphatic carbocycles. The summed E-state index contributed by atoms with van der Waals surface area (Å²) >= 11 is -5.11. The van der Waals surface area contributed by atoms with Crippen LogP contribution in [0.2, 0.25) is 0 Å². The third-order valence-corrected chi connectivity index (χ3v) is 15.4. The van der Waals surface area contributed by atoms with Crippen molar-refractivity contribution >= 4 is 47.9 Å². The molecule has 0 amide bonds. The van der Waals surface area contributed by atoms with Gasteiger partial charge in [-0.3, -0.25) is 0 Å². The van der Waals surface area contributed by atoms with Gasteiger partial charge in [-0.15, -0.1) is 0 Å². The Morgan fingerprint density at radius 3 is 1.03 bits per heavy atom. The van der Waals surface area contributed by atoms with Crippen LogP contribution in [0.1, 0.15) is 61.8 Å². The summed E-state index contributed by atoms with van der Waals surface area (Å²) in [4.78, 5) is 0. The maximum atomic E-state index is 15.9. The van der Waals surface area contributed by atoms with Gasteiger partial charge in [-0.1, -0.05) is 0 Å². The Morgan fingerprint density at radius 1 is 0.500 bits per heavy atom. The minimum absolute atomic E-state index is 0.438. The number of hydrogen-bond acceptors (Lipinski definition) is 2. The second-order valence-corrected chi connectivity index (χ2v) is 18.8. The minimum atomic E-state index is -2.56. The van der Waals surface area contributed by atoms with Crippen molar-refractivity contribution in [3.63, 3.8) is 0 Å². The Kier molecular flexibility index (Phi) is 10.4. The van der Waals surface area contributed by atoms with Gasteiger partial charge in [-0.05, 0) is 0 Å². The molecule has 0 heterocycles. The quantitative estimate of drug-likeness (QED) is 0.119. The number of halogens is 3. The van der Waals surface area contributed by atoms with Gasteiger partial charge in [0.15, 0.2) is 0 Å². The zero-order valence-electron chi connectivity index (χ0n) is 22.9. The van der Waals surface area contributed by atoms with E-state index in [1.807, 2.05) is 0 Å². The van der Waals surface area contributed by atoms with Crippen molar-refractivity contribution in [3.8, 4) is 0 Å². The first-order valence-electron chi connectivity index (χ1n) is 12.9. The van der Waals surface area contributed by atoms with Gasteiger partial charge in [0.2, 0.25) is 0 Å². The van der Waals surface area contributed by atoms with Crippen LogP contribution in [0, 0.1) is 28.1 Å². The van der Waals surface area contributed by atoms with Crippen molar-refractivity contribution in [2.24, 2.45) is 0 Å². The van der Waals surface area contributed by atoms with E-state index in [0.29, 0.717) is 11.8 Å². The summed E-state index contributed by atoms with van der Waals surface area (Å²) in [5, 5.41) is 0. The fourth-order valence-electron chi connectivity index (χ4n) is 3.83. The summed E-state index contributed by atoms with van der Waals surface area (Å²) < 4.78 is 32.5. The van der Waals surface area contributed by atoms with Gasteiger partial charge in [0.1, 0.15) is 0 Å². The normalized spacial score (nSPS) is 12.1. The molecule has 4 aromatic rings. The van der Waals surface area contributed by atoms with Crippen molar-refractivity contribution in [1.29, 1.82) is 0 Å². The van der Waals surface area contributed by atoms with Crippen LogP contribution in [0.15, 0.2) is 97.1 Å². The monoisotopic (exact) mass is 736 g/mol. The Hall–Kier alpha value is -1.75. The predicted octanol–water partition coefficient (Wildman–Crippen LogP) is 10.2. The molecule has 0 bridgehead atoms. The first-order chi connectivity index (χ1) is 18.2. The number of rotatable bonds is 10. The van der Waals surface area contributed by atoms with Crippen molar-refractivity contribution in [3.05, 3.63) is 134 Å². The number of aryl methyl sites for hydroxylation is 2. The number of benzene rings is 4. The van der Waals surface area contributed by atoms with Crippen LogP contribution in [0.25, 0.3) is 0 Å². The molecule has 0 aromatic heterocycles. The van der Waals surface area contributed by atoms with Crippen LogP contribution >= 0.6 is 40.5 Å². The summed E-state index contributed by atoms with van der Waals surface area (Å²) in [7, 11) is -1.80. The average molecular weight is 736 g/mol. The molecule has 0 aliphatic heterocycles. The summed E-state index contributed by atoms with van der Waals surface area (Å²) in [6, 6.07) is 33.5. The van der Waals surface area contributed by atoms with E-state index in [-0.39, 0.29) is 0 Å². The summed E-state index contributed by atoms with van der Waals surface area (Å²) in [5.74, 6) is 0.876. The van der Waals surface area contributed by atoms with Crippen LogP contribution in [0.5, 0.6) is 0 Å². The van der Waals surface area contributed by atoms with E-state index in [9.17, 15) is 0 Å². The van der Waals surface area contributed by atoms with Crippen LogP contribution in [0.3, 0.4) is 0 Å². The molecule has 4 rings (SSSR count). The standard InChI is InChI=1S/C32H36BFI2O2/c1-23(2)27-11-19-31(20-12-27)35(29-15-7-25(5)8-16-29)37-33(34)38-36(30-17-9-26(6)10-18-30)32-21-13-28(14-22-32)24(3)4/h7-24H,1-6H3. The first-order valence-corrected chi connectivity index (χ1v) is 19.0. The van der Waals surface area contributed by atoms with Gasteiger partial charge in [0.25, 0.3) is 0 Å². The summed E-state index contributed by atoms with van der Waals surface area (Å²) in [5.41, 5.74) is 4.87. The second kappa shape index (κ2) is 13.5. The van der Waals surface area contributed by atoms with Gasteiger partial charge in [0.05, 0.1) is 0 Å². The molecule has 0 spiro atoms. The molecule has 0 unspecified atom stereocenters. The van der Waals surface area contributed by atoms with Crippen LogP contribution < -0.4 is 0 Å². The molecule has 2 nitrogen and oxygen atoms in total. The van der Waals surface area contributed by atoms with Gasteiger partial charge in [0, 0.05) is 0 Å². The molecule has 0 saturated heterocycles. The molecule has 0 radical (unpaired) electrons. The summed E-state index contributed by atoms with van der Waals surface area (Å²) in [6.45, 7) is 12.8. The van der Waals surface area contributed by atoms with E-state index in [0.717, 1.165) is 14.3 Å². The molecule has 0 atom stereocenters. The van der Waals surface area contributed by atoms with Gasteiger partial charge in [-0.2, -0.15) is 0 Å². The third-order valence-electron chi connectivity index (χ3n) is 6.21. The molecular formula is C32H36BFI2O2. The zero-order valence-corrected chi connectivity index (χ0v) is 27.2. The molecule has 0 N–H and O–H groups in total. The summed E-state index contributed by atoms with van der Waals surface area (Å²) in [6.07, 6.45) is 0. The number of hydrogen-bond donors (Lipinski definition) is 0. The van der Waals surface area contributed by atoms with Crippen molar-refractivity contribution < 1.29 is 10.3 Å². The van der Waals surface area contributed by atoms with E-state index in [4.69, 9.17) is 5.97 Å².